The summed E-state index contributed by atoms with van der Waals surface area (Å²) in [7, 11) is 3.15. The van der Waals surface area contributed by atoms with Gasteiger partial charge in [0.2, 0.25) is 0 Å². The van der Waals surface area contributed by atoms with Gasteiger partial charge in [-0.05, 0) is 59.3 Å². The molecule has 0 heterocycles. The number of carbonyl (C=O) groups is 1. The highest BCUT2D eigenvalue weighted by Gasteiger charge is 2.08. The van der Waals surface area contributed by atoms with E-state index in [0.717, 1.165) is 14.7 Å². The first kappa shape index (κ1) is 19.0. The van der Waals surface area contributed by atoms with Crippen LogP contribution >= 0.6 is 22.6 Å². The van der Waals surface area contributed by atoms with Crippen molar-refractivity contribution in [2.75, 3.05) is 20.8 Å². The molecule has 0 spiro atoms. The number of methoxy groups -OCH3 is 2. The molecular formula is C18H19IN2O4. The van der Waals surface area contributed by atoms with Gasteiger partial charge >= 0.3 is 0 Å². The van der Waals surface area contributed by atoms with E-state index in [-0.39, 0.29) is 12.5 Å². The Labute approximate surface area is 160 Å². The molecular weight excluding hydrogens is 435 g/mol. The average molecular weight is 454 g/mol. The van der Waals surface area contributed by atoms with Gasteiger partial charge in [0.25, 0.3) is 5.91 Å². The Morgan fingerprint density at radius 2 is 1.84 bits per heavy atom. The Balaban J connectivity index is 1.94. The van der Waals surface area contributed by atoms with E-state index >= 15 is 0 Å². The Bertz CT molecular complexity index is 778. The van der Waals surface area contributed by atoms with Crippen LogP contribution < -0.4 is 19.6 Å². The third-order valence-electron chi connectivity index (χ3n) is 3.36. The van der Waals surface area contributed by atoms with Crippen LogP contribution in [-0.4, -0.2) is 32.9 Å². The minimum absolute atomic E-state index is 0.109. The third-order valence-corrected chi connectivity index (χ3v) is 4.25. The number of nitrogens with one attached hydrogen (secondary N) is 1. The van der Waals surface area contributed by atoms with Crippen LogP contribution in [0.15, 0.2) is 41.5 Å². The van der Waals surface area contributed by atoms with Crippen molar-refractivity contribution in [2.24, 2.45) is 5.10 Å². The monoisotopic (exact) mass is 454 g/mol. The van der Waals surface area contributed by atoms with E-state index in [1.54, 1.807) is 26.5 Å². The molecule has 7 heteroatoms. The second-order valence-electron chi connectivity index (χ2n) is 5.08. The number of hydrazone groups is 1. The Morgan fingerprint density at radius 3 is 2.52 bits per heavy atom. The number of hydrogen-bond donors (Lipinski definition) is 1. The zero-order valence-corrected chi connectivity index (χ0v) is 16.4. The molecule has 0 bridgehead atoms. The number of hydrogen-bond acceptors (Lipinski definition) is 5. The normalized spacial score (nSPS) is 10.6. The number of para-hydroxylation sites is 1. The van der Waals surface area contributed by atoms with Crippen LogP contribution in [0.2, 0.25) is 0 Å². The highest BCUT2D eigenvalue weighted by molar-refractivity contribution is 14.1. The van der Waals surface area contributed by atoms with Crippen molar-refractivity contribution in [1.82, 2.24) is 5.43 Å². The lowest BCUT2D eigenvalue weighted by Crippen LogP contribution is -2.24. The molecule has 0 unspecified atom stereocenters. The minimum atomic E-state index is -0.339. The van der Waals surface area contributed by atoms with Crippen molar-refractivity contribution in [3.05, 3.63) is 51.1 Å². The molecule has 0 saturated heterocycles. The zero-order chi connectivity index (χ0) is 18.2. The summed E-state index contributed by atoms with van der Waals surface area (Å²) >= 11 is 2.15. The van der Waals surface area contributed by atoms with Crippen LogP contribution in [0.4, 0.5) is 0 Å². The number of amides is 1. The lowest BCUT2D eigenvalue weighted by atomic mass is 10.1. The summed E-state index contributed by atoms with van der Waals surface area (Å²) in [6, 6.07) is 11.1. The molecule has 0 atom stereocenters. The molecule has 6 nitrogen and oxygen atoms in total. The molecule has 25 heavy (non-hydrogen) atoms. The van der Waals surface area contributed by atoms with Gasteiger partial charge in [-0.25, -0.2) is 5.43 Å². The number of nitrogens with zero attached hydrogens (tertiary/aromatic N) is 1. The van der Waals surface area contributed by atoms with Gasteiger partial charge in [-0.3, -0.25) is 4.79 Å². The van der Waals surface area contributed by atoms with E-state index in [2.05, 4.69) is 33.1 Å². The highest BCUT2D eigenvalue weighted by Crippen LogP contribution is 2.29. The Morgan fingerprint density at radius 1 is 1.16 bits per heavy atom. The number of carbonyl (C=O) groups excluding carboxylic acids is 1. The van der Waals surface area contributed by atoms with Gasteiger partial charge in [-0.15, -0.1) is 0 Å². The summed E-state index contributed by atoms with van der Waals surface area (Å²) in [5.74, 6) is 1.57. The van der Waals surface area contributed by atoms with Crippen molar-refractivity contribution >= 4 is 34.7 Å². The predicted molar refractivity (Wildman–Crippen MR) is 105 cm³/mol. The number of rotatable bonds is 7. The van der Waals surface area contributed by atoms with Crippen LogP contribution in [0.1, 0.15) is 11.1 Å². The number of benzene rings is 2. The van der Waals surface area contributed by atoms with Gasteiger partial charge in [0.05, 0.1) is 24.0 Å². The topological polar surface area (TPSA) is 69.2 Å². The van der Waals surface area contributed by atoms with Crippen molar-refractivity contribution in [3.63, 3.8) is 0 Å². The fraction of sp³-hybridized carbons (Fsp3) is 0.222. The lowest BCUT2D eigenvalue weighted by molar-refractivity contribution is -0.123. The summed E-state index contributed by atoms with van der Waals surface area (Å²) in [5, 5.41) is 3.97. The molecule has 0 radical (unpaired) electrons. The summed E-state index contributed by atoms with van der Waals surface area (Å²) in [6.07, 6.45) is 1.56. The Hall–Kier alpha value is -2.29. The SMILES string of the molecule is COc1cc(C)c(/C=N/NC(=O)COc2ccccc2I)cc1OC. The first-order chi connectivity index (χ1) is 12.0. The molecule has 1 amide bonds. The molecule has 2 rings (SSSR count). The molecule has 132 valence electrons. The van der Waals surface area contributed by atoms with Crippen LogP contribution in [0, 0.1) is 10.5 Å². The van der Waals surface area contributed by atoms with E-state index in [9.17, 15) is 4.79 Å². The molecule has 2 aromatic carbocycles. The lowest BCUT2D eigenvalue weighted by Gasteiger charge is -2.10. The summed E-state index contributed by atoms with van der Waals surface area (Å²) in [4.78, 5) is 11.8. The molecule has 1 N–H and O–H groups in total. The minimum Gasteiger partial charge on any atom is -0.493 e. The first-order valence-electron chi connectivity index (χ1n) is 7.47. The smallest absolute Gasteiger partial charge is 0.277 e. The van der Waals surface area contributed by atoms with Gasteiger partial charge in [0.1, 0.15) is 5.75 Å². The first-order valence-corrected chi connectivity index (χ1v) is 8.55. The molecule has 0 aliphatic rings. The highest BCUT2D eigenvalue weighted by atomic mass is 127. The second kappa shape index (κ2) is 9.26. The van der Waals surface area contributed by atoms with Gasteiger partial charge in [0.15, 0.2) is 18.1 Å². The fourth-order valence-corrected chi connectivity index (χ4v) is 2.59. The van der Waals surface area contributed by atoms with E-state index in [0.29, 0.717) is 17.2 Å². The molecule has 0 aromatic heterocycles. The van der Waals surface area contributed by atoms with E-state index < -0.39 is 0 Å². The standard InChI is InChI=1S/C18H19IN2O4/c1-12-8-16(23-2)17(24-3)9-13(12)10-20-21-18(22)11-25-15-7-5-4-6-14(15)19/h4-10H,11H2,1-3H3,(H,21,22)/b20-10+. The largest absolute Gasteiger partial charge is 0.493 e. The molecule has 0 aliphatic heterocycles. The molecule has 2 aromatic rings. The number of aryl methyl sites for hydroxylation is 1. The molecule has 0 fully saturated rings. The predicted octanol–water partition coefficient (Wildman–Crippen LogP) is 3.15. The summed E-state index contributed by atoms with van der Waals surface area (Å²) in [5.41, 5.74) is 4.21. The Kier molecular flexibility index (Phi) is 7.05. The van der Waals surface area contributed by atoms with Gasteiger partial charge in [-0.2, -0.15) is 5.10 Å². The quantitative estimate of drug-likeness (QED) is 0.397. The van der Waals surface area contributed by atoms with Crippen molar-refractivity contribution in [3.8, 4) is 17.2 Å². The van der Waals surface area contributed by atoms with Crippen LogP contribution in [0.3, 0.4) is 0 Å². The van der Waals surface area contributed by atoms with Crippen LogP contribution in [0.25, 0.3) is 0 Å². The zero-order valence-electron chi connectivity index (χ0n) is 14.2. The maximum absolute atomic E-state index is 11.8. The van der Waals surface area contributed by atoms with Gasteiger partial charge in [0, 0.05) is 5.56 Å². The van der Waals surface area contributed by atoms with Crippen molar-refractivity contribution in [1.29, 1.82) is 0 Å². The van der Waals surface area contributed by atoms with E-state index in [1.807, 2.05) is 37.3 Å². The van der Waals surface area contributed by atoms with Crippen LogP contribution in [-0.2, 0) is 4.79 Å². The fourth-order valence-electron chi connectivity index (χ4n) is 2.05. The van der Waals surface area contributed by atoms with Crippen molar-refractivity contribution in [2.45, 2.75) is 6.92 Å². The summed E-state index contributed by atoms with van der Waals surface area (Å²) in [6.45, 7) is 1.81. The molecule has 0 aliphatic carbocycles. The van der Waals surface area contributed by atoms with Crippen LogP contribution in [0.5, 0.6) is 17.2 Å². The maximum atomic E-state index is 11.8. The van der Waals surface area contributed by atoms with E-state index in [1.165, 1.54) is 0 Å². The second-order valence-corrected chi connectivity index (χ2v) is 6.24. The maximum Gasteiger partial charge on any atom is 0.277 e. The number of halogens is 1. The van der Waals surface area contributed by atoms with Gasteiger partial charge in [-0.1, -0.05) is 12.1 Å². The van der Waals surface area contributed by atoms with Gasteiger partial charge < -0.3 is 14.2 Å². The third kappa shape index (κ3) is 5.35. The average Bonchev–Trinajstić information content (AvgIpc) is 2.62. The molecule has 0 saturated carbocycles. The summed E-state index contributed by atoms with van der Waals surface area (Å²) < 4.78 is 16.9. The van der Waals surface area contributed by atoms with E-state index in [4.69, 9.17) is 14.2 Å². The number of ether oxygens (including phenoxy) is 3. The van der Waals surface area contributed by atoms with Crippen molar-refractivity contribution < 1.29 is 19.0 Å².